The van der Waals surface area contributed by atoms with Gasteiger partial charge in [0.05, 0.1) is 11.2 Å². The van der Waals surface area contributed by atoms with Gasteiger partial charge in [0.2, 0.25) is 5.91 Å². The van der Waals surface area contributed by atoms with E-state index in [1.54, 1.807) is 20.8 Å². The Morgan fingerprint density at radius 2 is 1.63 bits per heavy atom. The topological polar surface area (TPSA) is 99.7 Å². The predicted molar refractivity (Wildman–Crippen MR) is 163 cm³/mol. The van der Waals surface area contributed by atoms with Crippen molar-refractivity contribution in [1.29, 1.82) is 0 Å². The van der Waals surface area contributed by atoms with Crippen molar-refractivity contribution in [3.05, 3.63) is 65.8 Å². The fourth-order valence-electron chi connectivity index (χ4n) is 7.47. The zero-order valence-corrected chi connectivity index (χ0v) is 26.0. The van der Waals surface area contributed by atoms with E-state index in [2.05, 4.69) is 16.2 Å². The molecule has 4 saturated carbocycles. The number of fused-ring (bicyclic) bond motifs is 3. The summed E-state index contributed by atoms with van der Waals surface area (Å²) in [6, 6.07) is 16.0. The van der Waals surface area contributed by atoms with E-state index in [1.165, 1.54) is 13.8 Å². The molecule has 3 aromatic rings. The maximum absolute atomic E-state index is 14.5. The van der Waals surface area contributed by atoms with Gasteiger partial charge < -0.3 is 19.6 Å². The summed E-state index contributed by atoms with van der Waals surface area (Å²) in [5.41, 5.74) is 0.122. The van der Waals surface area contributed by atoms with Crippen molar-refractivity contribution >= 4 is 11.6 Å². The Hall–Kier alpha value is -3.10. The first-order valence-corrected chi connectivity index (χ1v) is 15.6. The van der Waals surface area contributed by atoms with Gasteiger partial charge in [0.15, 0.2) is 11.5 Å². The molecule has 0 spiro atoms. The second-order valence-electron chi connectivity index (χ2n) is 14.9. The number of halogens is 1. The molecule has 0 aliphatic heterocycles. The lowest BCUT2D eigenvalue weighted by Crippen LogP contribution is -2.54. The van der Waals surface area contributed by atoms with Crippen LogP contribution in [-0.2, 0) is 21.5 Å². The monoisotopic (exact) mass is 589 g/mol. The maximum Gasteiger partial charge on any atom is 0.263 e. The summed E-state index contributed by atoms with van der Waals surface area (Å²) in [6.45, 7) is 8.83. The third-order valence-corrected chi connectivity index (χ3v) is 10.4. The van der Waals surface area contributed by atoms with Crippen LogP contribution < -0.4 is 4.90 Å². The minimum atomic E-state index is -1.67. The summed E-state index contributed by atoms with van der Waals surface area (Å²) in [6.07, 6.45) is 6.38. The van der Waals surface area contributed by atoms with Crippen molar-refractivity contribution in [2.24, 2.45) is 11.3 Å². The van der Waals surface area contributed by atoms with E-state index in [4.69, 9.17) is 4.52 Å². The number of aromatic nitrogens is 2. The molecule has 4 aliphatic rings. The fourth-order valence-corrected chi connectivity index (χ4v) is 7.47. The van der Waals surface area contributed by atoms with Gasteiger partial charge in [-0.2, -0.15) is 4.98 Å². The number of rotatable bonds is 8. The molecule has 1 amide bonds. The molecule has 0 radical (unpaired) electrons. The third-order valence-electron chi connectivity index (χ3n) is 10.4. The van der Waals surface area contributed by atoms with Crippen LogP contribution in [0.25, 0.3) is 11.1 Å². The van der Waals surface area contributed by atoms with Crippen LogP contribution in [-0.4, -0.2) is 38.4 Å². The van der Waals surface area contributed by atoms with Crippen LogP contribution in [0.4, 0.5) is 10.1 Å². The molecule has 43 heavy (non-hydrogen) atoms. The minimum absolute atomic E-state index is 0.0278. The Morgan fingerprint density at radius 1 is 1.00 bits per heavy atom. The first-order valence-electron chi connectivity index (χ1n) is 15.6. The smallest absolute Gasteiger partial charge is 0.263 e. The number of amides is 1. The molecule has 7 rings (SSSR count). The van der Waals surface area contributed by atoms with E-state index in [0.717, 1.165) is 60.9 Å². The molecule has 1 aromatic heterocycles. The zero-order chi connectivity index (χ0) is 30.8. The molecule has 230 valence electrons. The highest BCUT2D eigenvalue weighted by Gasteiger charge is 2.53. The first-order chi connectivity index (χ1) is 20.1. The van der Waals surface area contributed by atoms with Crippen molar-refractivity contribution < 1.29 is 23.9 Å². The van der Waals surface area contributed by atoms with Gasteiger partial charge >= 0.3 is 0 Å². The number of carbonyl (C=O) groups is 1. The molecule has 2 aromatic carbocycles. The van der Waals surface area contributed by atoms with E-state index >= 15 is 0 Å². The Kier molecular flexibility index (Phi) is 7.13. The van der Waals surface area contributed by atoms with Crippen LogP contribution in [0.15, 0.2) is 53.1 Å². The maximum atomic E-state index is 14.5. The average Bonchev–Trinajstić information content (AvgIpc) is 3.47. The van der Waals surface area contributed by atoms with Gasteiger partial charge in [0.25, 0.3) is 5.89 Å². The van der Waals surface area contributed by atoms with Crippen LogP contribution in [0.2, 0.25) is 0 Å². The Bertz CT molecular complexity index is 1470. The van der Waals surface area contributed by atoms with Crippen molar-refractivity contribution in [3.8, 4) is 11.1 Å². The molecule has 0 unspecified atom stereocenters. The van der Waals surface area contributed by atoms with E-state index in [1.807, 2.05) is 47.4 Å². The fraction of sp³-hybridized carbons (Fsp3) is 0.571. The van der Waals surface area contributed by atoms with E-state index in [0.29, 0.717) is 25.2 Å². The highest BCUT2D eigenvalue weighted by molar-refractivity contribution is 5.96. The van der Waals surface area contributed by atoms with Gasteiger partial charge in [-0.3, -0.25) is 4.79 Å². The molecule has 4 aliphatic carbocycles. The zero-order valence-electron chi connectivity index (χ0n) is 26.0. The van der Waals surface area contributed by atoms with Gasteiger partial charge in [-0.15, -0.1) is 0 Å². The third kappa shape index (κ3) is 5.76. The highest BCUT2D eigenvalue weighted by Crippen LogP contribution is 2.58. The predicted octanol–water partition coefficient (Wildman–Crippen LogP) is 6.95. The van der Waals surface area contributed by atoms with Crippen LogP contribution in [0.5, 0.6) is 0 Å². The number of hydrogen-bond acceptors (Lipinski definition) is 6. The average molecular weight is 590 g/mol. The van der Waals surface area contributed by atoms with Gasteiger partial charge in [-0.1, -0.05) is 41.6 Å². The number of aliphatic hydroxyl groups is 2. The Balaban J connectivity index is 1.26. The number of hydrogen-bond donors (Lipinski definition) is 2. The lowest BCUT2D eigenvalue weighted by Gasteiger charge is -2.54. The molecule has 7 nitrogen and oxygen atoms in total. The lowest BCUT2D eigenvalue weighted by atomic mass is 9.53. The molecular weight excluding hydrogens is 545 g/mol. The van der Waals surface area contributed by atoms with Crippen molar-refractivity contribution in [1.82, 2.24) is 10.1 Å². The number of carbonyl (C=O) groups excluding carboxylic acids is 1. The number of alkyl halides is 1. The van der Waals surface area contributed by atoms with Crippen LogP contribution in [0.1, 0.15) is 103 Å². The van der Waals surface area contributed by atoms with Crippen molar-refractivity contribution in [2.45, 2.75) is 108 Å². The van der Waals surface area contributed by atoms with E-state index < -0.39 is 16.9 Å². The largest absolute Gasteiger partial charge is 0.390 e. The molecule has 0 atom stereocenters. The van der Waals surface area contributed by atoms with Crippen LogP contribution >= 0.6 is 0 Å². The van der Waals surface area contributed by atoms with Gasteiger partial charge in [-0.05, 0) is 120 Å². The summed E-state index contributed by atoms with van der Waals surface area (Å²) >= 11 is 0. The van der Waals surface area contributed by atoms with Gasteiger partial charge in [-0.25, -0.2) is 4.39 Å². The van der Waals surface area contributed by atoms with E-state index in [9.17, 15) is 19.4 Å². The van der Waals surface area contributed by atoms with Crippen molar-refractivity contribution in [2.75, 3.05) is 11.4 Å². The molecule has 1 heterocycles. The normalized spacial score (nSPS) is 28.9. The summed E-state index contributed by atoms with van der Waals surface area (Å²) < 4.78 is 19.8. The number of anilines is 1. The van der Waals surface area contributed by atoms with E-state index in [-0.39, 0.29) is 28.5 Å². The highest BCUT2D eigenvalue weighted by atomic mass is 19.1. The standard InChI is InChI=1S/C35H44FN3O4/c1-31(2,36)30-37-29(38-43-30)35-16-13-34(14-17-35,15-18-35)22-39(28(40)25-20-33(5,42)21-25)27-8-6-7-24(19-27)23-9-11-26(12-10-23)32(3,4)41/h6-12,19,25,41-42H,13-18,20-22H2,1-5H3. The summed E-state index contributed by atoms with van der Waals surface area (Å²) in [5.74, 6) is 0.525. The summed E-state index contributed by atoms with van der Waals surface area (Å²) in [4.78, 5) is 20.5. The molecule has 2 N–H and O–H groups in total. The Morgan fingerprint density at radius 3 is 2.16 bits per heavy atom. The number of nitrogens with zero attached hydrogens (tertiary/aromatic N) is 3. The lowest BCUT2D eigenvalue weighted by molar-refractivity contribution is -0.137. The summed E-state index contributed by atoms with van der Waals surface area (Å²) in [5, 5.41) is 25.0. The minimum Gasteiger partial charge on any atom is -0.390 e. The Labute approximate surface area is 253 Å². The molecule has 2 bridgehead atoms. The molecule has 4 fully saturated rings. The second-order valence-corrected chi connectivity index (χ2v) is 14.9. The van der Waals surface area contributed by atoms with Crippen LogP contribution in [0, 0.1) is 11.3 Å². The quantitative estimate of drug-likeness (QED) is 0.295. The SMILES string of the molecule is CC1(O)CC(C(=O)N(CC23CCC(c4noc(C(C)(C)F)n4)(CC2)CC3)c2cccc(-c3ccc(C(C)(C)O)cc3)c2)C1. The number of benzene rings is 2. The molecule has 0 saturated heterocycles. The van der Waals surface area contributed by atoms with Crippen LogP contribution in [0.3, 0.4) is 0 Å². The first kappa shape index (κ1) is 29.9. The van der Waals surface area contributed by atoms with Gasteiger partial charge in [0, 0.05) is 23.6 Å². The van der Waals surface area contributed by atoms with Gasteiger partial charge in [0.1, 0.15) is 0 Å². The summed E-state index contributed by atoms with van der Waals surface area (Å²) in [7, 11) is 0. The molecule has 8 heteroatoms. The van der Waals surface area contributed by atoms with Crippen molar-refractivity contribution in [3.63, 3.8) is 0 Å². The molecular formula is C35H44FN3O4. The second kappa shape index (κ2) is 10.2.